The van der Waals surface area contributed by atoms with Crippen LogP contribution in [0.3, 0.4) is 0 Å². The van der Waals surface area contributed by atoms with E-state index in [0.717, 1.165) is 16.8 Å². The highest BCUT2D eigenvalue weighted by atomic mass is 35.5. The number of thiophene rings is 1. The number of ether oxygens (including phenoxy) is 1. The predicted molar refractivity (Wildman–Crippen MR) is 73.6 cm³/mol. The van der Waals surface area contributed by atoms with Gasteiger partial charge in [-0.2, -0.15) is 4.98 Å². The van der Waals surface area contributed by atoms with E-state index >= 15 is 0 Å². The first kappa shape index (κ1) is 12.1. The highest BCUT2D eigenvalue weighted by Gasteiger charge is 2.12. The Kier molecular flexibility index (Phi) is 3.63. The van der Waals surface area contributed by atoms with Gasteiger partial charge in [-0.05, 0) is 49.0 Å². The van der Waals surface area contributed by atoms with Crippen molar-refractivity contribution in [2.24, 2.45) is 0 Å². The third-order valence-corrected chi connectivity index (χ3v) is 4.08. The lowest BCUT2D eigenvalue weighted by atomic mass is 10.4. The molecule has 0 amide bonds. The summed E-state index contributed by atoms with van der Waals surface area (Å²) < 4.78 is 5.75. The molecule has 4 nitrogen and oxygen atoms in total. The molecule has 0 atom stereocenters. The van der Waals surface area contributed by atoms with Gasteiger partial charge in [0.15, 0.2) is 0 Å². The summed E-state index contributed by atoms with van der Waals surface area (Å²) in [5, 5.41) is 3.18. The first-order valence-electron chi connectivity index (χ1n) is 6.09. The number of rotatable bonds is 4. The van der Waals surface area contributed by atoms with Gasteiger partial charge in [0.2, 0.25) is 11.2 Å². The van der Waals surface area contributed by atoms with Crippen molar-refractivity contribution in [1.29, 1.82) is 0 Å². The number of hydrogen-bond donors (Lipinski definition) is 0. The molecule has 1 aliphatic rings. The van der Waals surface area contributed by atoms with Gasteiger partial charge in [0.1, 0.15) is 11.4 Å². The minimum atomic E-state index is 0.251. The SMILES string of the molecule is Clc1nc(OCCN2CCCC2)c2ccsc2n1. The van der Waals surface area contributed by atoms with Crippen molar-refractivity contribution in [1.82, 2.24) is 14.9 Å². The lowest BCUT2D eigenvalue weighted by Crippen LogP contribution is -2.25. The van der Waals surface area contributed by atoms with Crippen molar-refractivity contribution in [3.63, 3.8) is 0 Å². The van der Waals surface area contributed by atoms with Gasteiger partial charge in [0.25, 0.3) is 0 Å². The smallest absolute Gasteiger partial charge is 0.227 e. The van der Waals surface area contributed by atoms with Gasteiger partial charge >= 0.3 is 0 Å². The van der Waals surface area contributed by atoms with Gasteiger partial charge in [-0.1, -0.05) is 0 Å². The van der Waals surface area contributed by atoms with Gasteiger partial charge in [0, 0.05) is 6.54 Å². The van der Waals surface area contributed by atoms with E-state index in [1.807, 2.05) is 11.4 Å². The van der Waals surface area contributed by atoms with Crippen LogP contribution in [-0.2, 0) is 0 Å². The molecule has 96 valence electrons. The fraction of sp³-hybridized carbons (Fsp3) is 0.500. The Labute approximate surface area is 115 Å². The monoisotopic (exact) mass is 283 g/mol. The standard InChI is InChI=1S/C12H14ClN3OS/c13-12-14-10(9-3-8-18-11(9)15-12)17-7-6-16-4-1-2-5-16/h3,8H,1-2,4-7H2. The molecule has 2 aromatic heterocycles. The van der Waals surface area contributed by atoms with Crippen LogP contribution in [0.1, 0.15) is 12.8 Å². The Morgan fingerprint density at radius 3 is 3.00 bits per heavy atom. The molecule has 3 heterocycles. The minimum Gasteiger partial charge on any atom is -0.476 e. The molecule has 1 saturated heterocycles. The summed E-state index contributed by atoms with van der Waals surface area (Å²) in [5.41, 5.74) is 0. The number of fused-ring (bicyclic) bond motifs is 1. The van der Waals surface area contributed by atoms with Crippen LogP contribution in [0, 0.1) is 0 Å². The average molecular weight is 284 g/mol. The van der Waals surface area contributed by atoms with E-state index in [2.05, 4.69) is 14.9 Å². The minimum absolute atomic E-state index is 0.251. The quantitative estimate of drug-likeness (QED) is 0.809. The van der Waals surface area contributed by atoms with E-state index in [1.54, 1.807) is 11.3 Å². The second-order valence-corrected chi connectivity index (χ2v) is 5.57. The van der Waals surface area contributed by atoms with E-state index in [1.165, 1.54) is 25.9 Å². The second-order valence-electron chi connectivity index (χ2n) is 4.33. The normalized spacial score (nSPS) is 16.5. The summed E-state index contributed by atoms with van der Waals surface area (Å²) in [7, 11) is 0. The van der Waals surface area contributed by atoms with Crippen LogP contribution in [-0.4, -0.2) is 41.1 Å². The molecule has 1 fully saturated rings. The number of likely N-dealkylation sites (tertiary alicyclic amines) is 1. The molecular weight excluding hydrogens is 270 g/mol. The fourth-order valence-corrected chi connectivity index (χ4v) is 3.16. The zero-order chi connectivity index (χ0) is 12.4. The Morgan fingerprint density at radius 1 is 1.33 bits per heavy atom. The third kappa shape index (κ3) is 2.58. The van der Waals surface area contributed by atoms with Crippen LogP contribution in [0.2, 0.25) is 5.28 Å². The van der Waals surface area contributed by atoms with Crippen LogP contribution in [0.25, 0.3) is 10.2 Å². The number of aromatic nitrogens is 2. The molecule has 18 heavy (non-hydrogen) atoms. The molecule has 2 aromatic rings. The first-order valence-corrected chi connectivity index (χ1v) is 7.34. The van der Waals surface area contributed by atoms with E-state index < -0.39 is 0 Å². The van der Waals surface area contributed by atoms with Crippen LogP contribution >= 0.6 is 22.9 Å². The maximum Gasteiger partial charge on any atom is 0.227 e. The zero-order valence-electron chi connectivity index (χ0n) is 9.93. The molecule has 1 aliphatic heterocycles. The van der Waals surface area contributed by atoms with Crippen molar-refractivity contribution in [2.45, 2.75) is 12.8 Å². The van der Waals surface area contributed by atoms with Crippen molar-refractivity contribution in [2.75, 3.05) is 26.2 Å². The summed E-state index contributed by atoms with van der Waals surface area (Å²) in [6.07, 6.45) is 2.60. The van der Waals surface area contributed by atoms with E-state index in [9.17, 15) is 0 Å². The molecule has 3 rings (SSSR count). The number of halogens is 1. The van der Waals surface area contributed by atoms with Crippen LogP contribution in [0.4, 0.5) is 0 Å². The lowest BCUT2D eigenvalue weighted by molar-refractivity contribution is 0.234. The maximum absolute atomic E-state index is 5.88. The largest absolute Gasteiger partial charge is 0.476 e. The van der Waals surface area contributed by atoms with Crippen molar-refractivity contribution in [3.8, 4) is 5.88 Å². The lowest BCUT2D eigenvalue weighted by Gasteiger charge is -2.14. The van der Waals surface area contributed by atoms with Crippen LogP contribution < -0.4 is 4.74 Å². The molecule has 0 saturated carbocycles. The van der Waals surface area contributed by atoms with Crippen LogP contribution in [0.5, 0.6) is 5.88 Å². The molecule has 0 radical (unpaired) electrons. The average Bonchev–Trinajstić information content (AvgIpc) is 2.98. The first-order chi connectivity index (χ1) is 8.83. The molecular formula is C12H14ClN3OS. The number of nitrogens with zero attached hydrogens (tertiary/aromatic N) is 3. The highest BCUT2D eigenvalue weighted by molar-refractivity contribution is 7.16. The van der Waals surface area contributed by atoms with Crippen LogP contribution in [0.15, 0.2) is 11.4 Å². The molecule has 0 bridgehead atoms. The van der Waals surface area contributed by atoms with Gasteiger partial charge in [-0.3, -0.25) is 4.90 Å². The van der Waals surface area contributed by atoms with Crippen molar-refractivity contribution in [3.05, 3.63) is 16.7 Å². The topological polar surface area (TPSA) is 38.2 Å². The molecule has 0 aromatic carbocycles. The second kappa shape index (κ2) is 5.38. The number of hydrogen-bond acceptors (Lipinski definition) is 5. The van der Waals surface area contributed by atoms with Gasteiger partial charge in [-0.15, -0.1) is 11.3 Å². The van der Waals surface area contributed by atoms with Gasteiger partial charge in [0.05, 0.1) is 5.39 Å². The summed E-state index contributed by atoms with van der Waals surface area (Å²) in [4.78, 5) is 11.6. The highest BCUT2D eigenvalue weighted by Crippen LogP contribution is 2.27. The zero-order valence-corrected chi connectivity index (χ0v) is 11.5. The molecule has 0 N–H and O–H groups in total. The predicted octanol–water partition coefficient (Wildman–Crippen LogP) is 2.82. The molecule has 0 unspecified atom stereocenters. The maximum atomic E-state index is 5.88. The Morgan fingerprint density at radius 2 is 2.17 bits per heavy atom. The Bertz CT molecular complexity index is 539. The summed E-state index contributed by atoms with van der Waals surface area (Å²) in [5.74, 6) is 0.602. The molecule has 0 aliphatic carbocycles. The Hall–Kier alpha value is -0.910. The third-order valence-electron chi connectivity index (χ3n) is 3.11. The Balaban J connectivity index is 1.67. The van der Waals surface area contributed by atoms with Crippen molar-refractivity contribution >= 4 is 33.2 Å². The van der Waals surface area contributed by atoms with E-state index in [4.69, 9.17) is 16.3 Å². The van der Waals surface area contributed by atoms with E-state index in [-0.39, 0.29) is 5.28 Å². The summed E-state index contributed by atoms with van der Waals surface area (Å²) >= 11 is 7.43. The van der Waals surface area contributed by atoms with E-state index in [0.29, 0.717) is 12.5 Å². The van der Waals surface area contributed by atoms with Gasteiger partial charge in [-0.25, -0.2) is 4.98 Å². The summed E-state index contributed by atoms with van der Waals surface area (Å²) in [6.45, 7) is 3.97. The van der Waals surface area contributed by atoms with Gasteiger partial charge < -0.3 is 4.74 Å². The van der Waals surface area contributed by atoms with Crippen molar-refractivity contribution < 1.29 is 4.74 Å². The molecule has 0 spiro atoms. The molecule has 6 heteroatoms. The fourth-order valence-electron chi connectivity index (χ4n) is 2.19. The summed E-state index contributed by atoms with van der Waals surface area (Å²) in [6, 6.07) is 1.97.